The number of carbonyl (C=O) groups excluding carboxylic acids is 2. The molecular formula is C21H21NO4. The van der Waals surface area contributed by atoms with E-state index in [1.54, 1.807) is 14.2 Å². The van der Waals surface area contributed by atoms with Gasteiger partial charge in [-0.15, -0.1) is 0 Å². The van der Waals surface area contributed by atoms with Crippen molar-refractivity contribution in [1.82, 2.24) is 4.90 Å². The summed E-state index contributed by atoms with van der Waals surface area (Å²) in [5, 5.41) is 0. The average Bonchev–Trinajstić information content (AvgIpc) is 3.03. The van der Waals surface area contributed by atoms with Crippen molar-refractivity contribution in [3.8, 4) is 11.5 Å². The summed E-state index contributed by atoms with van der Waals surface area (Å²) in [5.74, 6) is 0.995. The Morgan fingerprint density at radius 1 is 1.08 bits per heavy atom. The van der Waals surface area contributed by atoms with Gasteiger partial charge >= 0.3 is 0 Å². The third-order valence-corrected chi connectivity index (χ3v) is 5.41. The largest absolute Gasteiger partial charge is 0.493 e. The molecule has 0 aromatic heterocycles. The molecule has 0 radical (unpaired) electrons. The van der Waals surface area contributed by atoms with Gasteiger partial charge in [0.05, 0.1) is 26.2 Å². The molecule has 5 nitrogen and oxygen atoms in total. The van der Waals surface area contributed by atoms with Crippen LogP contribution in [0.25, 0.3) is 0 Å². The maximum absolute atomic E-state index is 13.1. The van der Waals surface area contributed by atoms with E-state index in [9.17, 15) is 9.59 Å². The van der Waals surface area contributed by atoms with Gasteiger partial charge in [0.15, 0.2) is 17.3 Å². The third-order valence-electron chi connectivity index (χ3n) is 5.41. The van der Waals surface area contributed by atoms with Crippen LogP contribution in [-0.2, 0) is 11.2 Å². The van der Waals surface area contributed by atoms with E-state index < -0.39 is 0 Å². The molecule has 2 heterocycles. The number of nitrogens with zero attached hydrogens (tertiary/aromatic N) is 1. The second-order valence-electron chi connectivity index (χ2n) is 6.73. The molecule has 1 saturated heterocycles. The number of carbonyl (C=O) groups is 2. The summed E-state index contributed by atoms with van der Waals surface area (Å²) in [6.45, 7) is 0.630. The lowest BCUT2D eigenvalue weighted by molar-refractivity contribution is -0.129. The first-order valence-electron chi connectivity index (χ1n) is 8.77. The Morgan fingerprint density at radius 2 is 1.77 bits per heavy atom. The summed E-state index contributed by atoms with van der Waals surface area (Å²) in [7, 11) is 3.21. The summed E-state index contributed by atoms with van der Waals surface area (Å²) in [6, 6.07) is 12.9. The molecule has 0 saturated carbocycles. The van der Waals surface area contributed by atoms with Crippen LogP contribution in [0.1, 0.15) is 33.9 Å². The smallest absolute Gasteiger partial charge is 0.223 e. The topological polar surface area (TPSA) is 55.8 Å². The van der Waals surface area contributed by atoms with Gasteiger partial charge in [-0.05, 0) is 29.7 Å². The fourth-order valence-corrected chi connectivity index (χ4v) is 4.16. The van der Waals surface area contributed by atoms with Crippen LogP contribution >= 0.6 is 0 Å². The van der Waals surface area contributed by atoms with Crippen LogP contribution in [-0.4, -0.2) is 37.4 Å². The maximum atomic E-state index is 13.1. The minimum atomic E-state index is -0.373. The van der Waals surface area contributed by atoms with Gasteiger partial charge in [-0.3, -0.25) is 9.59 Å². The van der Waals surface area contributed by atoms with Crippen molar-refractivity contribution in [2.24, 2.45) is 5.92 Å². The number of Topliss-reactive ketones (excluding diaryl/α,β-unsaturated/α-hetero) is 1. The molecule has 0 aliphatic carbocycles. The number of ketones is 1. The van der Waals surface area contributed by atoms with Gasteiger partial charge in [0.1, 0.15) is 0 Å². The van der Waals surface area contributed by atoms with Gasteiger partial charge in [-0.2, -0.15) is 0 Å². The second kappa shape index (κ2) is 6.48. The Morgan fingerprint density at radius 3 is 2.46 bits per heavy atom. The fourth-order valence-electron chi connectivity index (χ4n) is 4.16. The maximum Gasteiger partial charge on any atom is 0.223 e. The quantitative estimate of drug-likeness (QED) is 0.795. The zero-order valence-electron chi connectivity index (χ0n) is 14.9. The highest BCUT2D eigenvalue weighted by Crippen LogP contribution is 2.46. The molecule has 2 aromatic rings. The van der Waals surface area contributed by atoms with E-state index in [1.807, 2.05) is 47.4 Å². The molecule has 5 heteroatoms. The Balaban J connectivity index is 1.78. The lowest BCUT2D eigenvalue weighted by atomic mass is 9.83. The first-order valence-corrected chi connectivity index (χ1v) is 8.77. The Bertz CT molecular complexity index is 862. The molecule has 26 heavy (non-hydrogen) atoms. The monoisotopic (exact) mass is 351 g/mol. The van der Waals surface area contributed by atoms with E-state index >= 15 is 0 Å². The van der Waals surface area contributed by atoms with Gasteiger partial charge in [-0.25, -0.2) is 0 Å². The number of benzene rings is 2. The van der Waals surface area contributed by atoms with E-state index in [2.05, 4.69) is 0 Å². The van der Waals surface area contributed by atoms with Gasteiger partial charge in [0, 0.05) is 18.5 Å². The molecule has 0 N–H and O–H groups in total. The number of fused-ring (bicyclic) bond motifs is 3. The van der Waals surface area contributed by atoms with Crippen LogP contribution in [0.15, 0.2) is 42.5 Å². The second-order valence-corrected chi connectivity index (χ2v) is 6.73. The van der Waals surface area contributed by atoms with Crippen LogP contribution in [0.2, 0.25) is 0 Å². The number of amides is 1. The number of hydrogen-bond acceptors (Lipinski definition) is 4. The highest BCUT2D eigenvalue weighted by molar-refractivity contribution is 6.02. The van der Waals surface area contributed by atoms with Crippen molar-refractivity contribution in [2.75, 3.05) is 20.8 Å². The highest BCUT2D eigenvalue weighted by Gasteiger charge is 2.47. The van der Waals surface area contributed by atoms with Crippen LogP contribution in [0.4, 0.5) is 0 Å². The van der Waals surface area contributed by atoms with E-state index in [0.717, 1.165) is 17.5 Å². The van der Waals surface area contributed by atoms with Gasteiger partial charge in [-0.1, -0.05) is 30.3 Å². The molecule has 0 spiro atoms. The number of rotatable bonds is 4. The van der Waals surface area contributed by atoms with Crippen LogP contribution in [0.3, 0.4) is 0 Å². The molecule has 2 aliphatic heterocycles. The molecule has 2 atom stereocenters. The summed E-state index contributed by atoms with van der Waals surface area (Å²) < 4.78 is 10.9. The first-order chi connectivity index (χ1) is 12.6. The predicted molar refractivity (Wildman–Crippen MR) is 96.6 cm³/mol. The number of hydrogen-bond donors (Lipinski definition) is 0. The summed E-state index contributed by atoms with van der Waals surface area (Å²) in [4.78, 5) is 27.5. The minimum absolute atomic E-state index is 0.0223. The number of methoxy groups -OCH3 is 2. The van der Waals surface area contributed by atoms with Crippen molar-refractivity contribution in [2.45, 2.75) is 18.9 Å². The zero-order chi connectivity index (χ0) is 18.3. The molecule has 4 rings (SSSR count). The van der Waals surface area contributed by atoms with E-state index in [1.165, 1.54) is 0 Å². The highest BCUT2D eigenvalue weighted by atomic mass is 16.5. The molecular weight excluding hydrogens is 330 g/mol. The normalized spacial score (nSPS) is 21.2. The lowest BCUT2D eigenvalue weighted by Gasteiger charge is -2.34. The molecule has 1 amide bonds. The Hall–Kier alpha value is -2.82. The van der Waals surface area contributed by atoms with Gasteiger partial charge in [0.25, 0.3) is 0 Å². The SMILES string of the molecule is COc1cc2c(cc1OC)[C@@H]1[C@@H](C(=O)c3ccccc3)CC(=O)N1CC2. The van der Waals surface area contributed by atoms with E-state index in [0.29, 0.717) is 23.6 Å². The average molecular weight is 351 g/mol. The summed E-state index contributed by atoms with van der Waals surface area (Å²) in [6.07, 6.45) is 1.01. The predicted octanol–water partition coefficient (Wildman–Crippen LogP) is 3.03. The van der Waals surface area contributed by atoms with Crippen molar-refractivity contribution < 1.29 is 19.1 Å². The first kappa shape index (κ1) is 16.6. The standard InChI is InChI=1S/C21H21NO4/c1-25-17-10-14-8-9-22-19(23)12-16(20(22)15(14)11-18(17)26-2)21(24)13-6-4-3-5-7-13/h3-7,10-11,16,20H,8-9,12H2,1-2H3/t16-,20+/m0/s1. The van der Waals surface area contributed by atoms with E-state index in [4.69, 9.17) is 9.47 Å². The molecule has 2 aliphatic rings. The van der Waals surface area contributed by atoms with Gasteiger partial charge in [0.2, 0.25) is 5.91 Å². The lowest BCUT2D eigenvalue weighted by Crippen LogP contribution is -2.36. The van der Waals surface area contributed by atoms with Crippen molar-refractivity contribution in [1.29, 1.82) is 0 Å². The Kier molecular flexibility index (Phi) is 4.15. The van der Waals surface area contributed by atoms with Crippen molar-refractivity contribution in [3.63, 3.8) is 0 Å². The van der Waals surface area contributed by atoms with Crippen LogP contribution < -0.4 is 9.47 Å². The molecule has 2 aromatic carbocycles. The molecule has 1 fully saturated rings. The van der Waals surface area contributed by atoms with Gasteiger partial charge < -0.3 is 14.4 Å². The zero-order valence-corrected chi connectivity index (χ0v) is 14.9. The Labute approximate surface area is 152 Å². The number of ether oxygens (including phenoxy) is 2. The van der Waals surface area contributed by atoms with Crippen molar-refractivity contribution in [3.05, 3.63) is 59.2 Å². The fraction of sp³-hybridized carbons (Fsp3) is 0.333. The summed E-state index contributed by atoms with van der Waals surface area (Å²) >= 11 is 0. The molecule has 0 bridgehead atoms. The molecule has 134 valence electrons. The van der Waals surface area contributed by atoms with Crippen molar-refractivity contribution >= 4 is 11.7 Å². The third kappa shape index (κ3) is 2.55. The van der Waals surface area contributed by atoms with Crippen LogP contribution in [0, 0.1) is 5.92 Å². The molecule has 0 unspecified atom stereocenters. The minimum Gasteiger partial charge on any atom is -0.493 e. The summed E-state index contributed by atoms with van der Waals surface area (Å²) in [5.41, 5.74) is 2.76. The van der Waals surface area contributed by atoms with Crippen LogP contribution in [0.5, 0.6) is 11.5 Å². The van der Waals surface area contributed by atoms with E-state index in [-0.39, 0.29) is 30.1 Å².